The van der Waals surface area contributed by atoms with Crippen LogP contribution in [0.2, 0.25) is 0 Å². The Bertz CT molecular complexity index is 737. The number of rotatable bonds is 4. The van der Waals surface area contributed by atoms with Gasteiger partial charge in [-0.25, -0.2) is 0 Å². The van der Waals surface area contributed by atoms with Gasteiger partial charge < -0.3 is 16.2 Å². The molecule has 1 heterocycles. The summed E-state index contributed by atoms with van der Waals surface area (Å²) in [6.07, 6.45) is -1.22. The zero-order valence-electron chi connectivity index (χ0n) is 11.1. The molecule has 2 aromatic rings. The number of alkyl halides is 3. The third-order valence-corrected chi connectivity index (χ3v) is 2.93. The van der Waals surface area contributed by atoms with Crippen molar-refractivity contribution in [3.05, 3.63) is 35.7 Å². The molecule has 0 amide bonds. The number of hydrogen-bond donors (Lipinski definition) is 3. The van der Waals surface area contributed by atoms with Crippen molar-refractivity contribution in [1.82, 2.24) is 9.78 Å². The van der Waals surface area contributed by atoms with Gasteiger partial charge in [0.15, 0.2) is 0 Å². The van der Waals surface area contributed by atoms with Gasteiger partial charge in [-0.1, -0.05) is 0 Å². The van der Waals surface area contributed by atoms with E-state index < -0.39 is 24.3 Å². The van der Waals surface area contributed by atoms with E-state index in [2.05, 4.69) is 5.10 Å². The molecule has 0 saturated heterocycles. The van der Waals surface area contributed by atoms with Gasteiger partial charge in [0.05, 0.1) is 11.8 Å². The summed E-state index contributed by atoms with van der Waals surface area (Å²) < 4.78 is 39.7. The molecule has 9 heteroatoms. The number of halogens is 3. The van der Waals surface area contributed by atoms with Gasteiger partial charge in [-0.2, -0.15) is 18.3 Å². The third-order valence-electron chi connectivity index (χ3n) is 2.93. The number of nitrogens with zero attached hydrogens (tertiary/aromatic N) is 2. The number of carbonyl (C=O) groups is 1. The minimum Gasteiger partial charge on any atom is -0.480 e. The number of aromatic nitrogens is 2. The second-order valence-corrected chi connectivity index (χ2v) is 4.49. The zero-order chi connectivity index (χ0) is 16.5. The lowest BCUT2D eigenvalue weighted by Crippen LogP contribution is -2.09. The predicted octanol–water partition coefficient (Wildman–Crippen LogP) is 2.23. The number of benzene rings is 1. The van der Waals surface area contributed by atoms with Gasteiger partial charge in [-0.15, -0.1) is 0 Å². The first kappa shape index (κ1) is 15.5. The minimum absolute atomic E-state index is 0.0685. The van der Waals surface area contributed by atoms with Gasteiger partial charge in [-0.3, -0.25) is 9.48 Å². The monoisotopic (exact) mass is 312 g/mol. The van der Waals surface area contributed by atoms with Crippen molar-refractivity contribution in [3.63, 3.8) is 0 Å². The van der Waals surface area contributed by atoms with Crippen molar-refractivity contribution in [3.8, 4) is 11.1 Å². The van der Waals surface area contributed by atoms with Gasteiger partial charge in [0.2, 0.25) is 0 Å². The highest BCUT2D eigenvalue weighted by molar-refractivity contribution is 5.95. The Balaban J connectivity index is 2.57. The second-order valence-electron chi connectivity index (χ2n) is 4.49. The van der Waals surface area contributed by atoms with E-state index in [9.17, 15) is 18.0 Å². The van der Waals surface area contributed by atoms with E-state index >= 15 is 0 Å². The first-order valence-electron chi connectivity index (χ1n) is 5.98. The summed E-state index contributed by atoms with van der Waals surface area (Å²) in [6, 6.07) is 1.62. The quantitative estimate of drug-likeness (QED) is 0.594. The number of anilines is 1. The SMILES string of the molecule is N=Cc1c(N)cc(C(F)(F)F)cc1-c1cnn(CC(=O)O)c1. The molecule has 0 unspecified atom stereocenters. The first-order chi connectivity index (χ1) is 10.2. The zero-order valence-corrected chi connectivity index (χ0v) is 11.1. The van der Waals surface area contributed by atoms with Gasteiger partial charge >= 0.3 is 12.1 Å². The lowest BCUT2D eigenvalue weighted by molar-refractivity contribution is -0.138. The topological polar surface area (TPSA) is 105 Å². The van der Waals surface area contributed by atoms with Crippen molar-refractivity contribution in [2.45, 2.75) is 12.7 Å². The maximum absolute atomic E-state index is 12.9. The smallest absolute Gasteiger partial charge is 0.416 e. The molecule has 0 aliphatic carbocycles. The normalized spacial score (nSPS) is 11.4. The molecule has 0 spiro atoms. The fraction of sp³-hybridized carbons (Fsp3) is 0.154. The molecule has 1 aromatic carbocycles. The average Bonchev–Trinajstić information content (AvgIpc) is 2.84. The lowest BCUT2D eigenvalue weighted by atomic mass is 9.98. The van der Waals surface area contributed by atoms with Gasteiger partial charge in [0, 0.05) is 29.2 Å². The highest BCUT2D eigenvalue weighted by Gasteiger charge is 2.32. The van der Waals surface area contributed by atoms with Crippen molar-refractivity contribution in [1.29, 1.82) is 5.41 Å². The molecule has 0 aliphatic rings. The summed E-state index contributed by atoms with van der Waals surface area (Å²) in [5, 5.41) is 19.8. The van der Waals surface area contributed by atoms with E-state index in [1.807, 2.05) is 0 Å². The molecule has 0 aliphatic heterocycles. The minimum atomic E-state index is -4.58. The van der Waals surface area contributed by atoms with E-state index in [4.69, 9.17) is 16.2 Å². The fourth-order valence-corrected chi connectivity index (χ4v) is 1.97. The highest BCUT2D eigenvalue weighted by Crippen LogP contribution is 2.36. The maximum atomic E-state index is 12.9. The van der Waals surface area contributed by atoms with Crippen LogP contribution in [0.4, 0.5) is 18.9 Å². The number of nitrogens with one attached hydrogen (secondary N) is 1. The molecular formula is C13H11F3N4O2. The number of hydrogen-bond acceptors (Lipinski definition) is 4. The Kier molecular flexibility index (Phi) is 3.89. The molecular weight excluding hydrogens is 301 g/mol. The van der Waals surface area contributed by atoms with Crippen LogP contribution in [-0.2, 0) is 17.5 Å². The van der Waals surface area contributed by atoms with Crippen molar-refractivity contribution >= 4 is 17.9 Å². The standard InChI is InChI=1S/C13H11F3N4O2/c14-13(15,16)8-1-9(10(3-17)11(18)2-8)7-4-19-20(5-7)6-12(21)22/h1-5,17H,6,18H2,(H,21,22). The lowest BCUT2D eigenvalue weighted by Gasteiger charge is -2.13. The summed E-state index contributed by atoms with van der Waals surface area (Å²) in [5.41, 5.74) is 4.88. The predicted molar refractivity (Wildman–Crippen MR) is 72.6 cm³/mol. The summed E-state index contributed by atoms with van der Waals surface area (Å²) in [5.74, 6) is -1.13. The van der Waals surface area contributed by atoms with Crippen molar-refractivity contribution < 1.29 is 23.1 Å². The molecule has 0 atom stereocenters. The first-order valence-corrected chi connectivity index (χ1v) is 5.98. The van der Waals surface area contributed by atoms with Crippen LogP contribution in [0.1, 0.15) is 11.1 Å². The Morgan fingerprint density at radius 3 is 2.68 bits per heavy atom. The average molecular weight is 312 g/mol. The van der Waals surface area contributed by atoms with Crippen LogP contribution in [-0.4, -0.2) is 27.1 Å². The molecule has 0 saturated carbocycles. The van der Waals surface area contributed by atoms with E-state index in [0.717, 1.165) is 23.0 Å². The Morgan fingerprint density at radius 1 is 1.45 bits per heavy atom. The number of aliphatic carboxylic acids is 1. The van der Waals surface area contributed by atoms with Gasteiger partial charge in [0.1, 0.15) is 6.54 Å². The number of carboxylic acid groups (broad SMARTS) is 1. The molecule has 0 bridgehead atoms. The van der Waals surface area contributed by atoms with Crippen LogP contribution in [0.25, 0.3) is 11.1 Å². The Labute approximate surface area is 122 Å². The molecule has 116 valence electrons. The van der Waals surface area contributed by atoms with Crippen LogP contribution in [0.3, 0.4) is 0 Å². The molecule has 4 N–H and O–H groups in total. The Morgan fingerprint density at radius 2 is 2.14 bits per heavy atom. The van der Waals surface area contributed by atoms with Crippen LogP contribution < -0.4 is 5.73 Å². The van der Waals surface area contributed by atoms with Gasteiger partial charge in [0.25, 0.3) is 0 Å². The van der Waals surface area contributed by atoms with E-state index in [1.54, 1.807) is 0 Å². The summed E-state index contributed by atoms with van der Waals surface area (Å²) in [6.45, 7) is -0.422. The molecule has 1 aromatic heterocycles. The van der Waals surface area contributed by atoms with Gasteiger partial charge in [-0.05, 0) is 17.7 Å². The largest absolute Gasteiger partial charge is 0.480 e. The van der Waals surface area contributed by atoms with Crippen LogP contribution in [0.15, 0.2) is 24.5 Å². The van der Waals surface area contributed by atoms with Crippen LogP contribution >= 0.6 is 0 Å². The van der Waals surface area contributed by atoms with E-state index in [-0.39, 0.29) is 22.4 Å². The molecule has 0 fully saturated rings. The summed E-state index contributed by atoms with van der Waals surface area (Å²) >= 11 is 0. The molecule has 22 heavy (non-hydrogen) atoms. The molecule has 6 nitrogen and oxygen atoms in total. The number of carboxylic acids is 1. The van der Waals surface area contributed by atoms with E-state index in [1.165, 1.54) is 12.4 Å². The van der Waals surface area contributed by atoms with Crippen LogP contribution in [0.5, 0.6) is 0 Å². The summed E-state index contributed by atoms with van der Waals surface area (Å²) in [7, 11) is 0. The number of nitrogens with two attached hydrogens (primary N) is 1. The van der Waals surface area contributed by atoms with Crippen molar-refractivity contribution in [2.75, 3.05) is 5.73 Å². The maximum Gasteiger partial charge on any atom is 0.416 e. The highest BCUT2D eigenvalue weighted by atomic mass is 19.4. The van der Waals surface area contributed by atoms with Crippen LogP contribution in [0, 0.1) is 5.41 Å². The number of nitrogen functional groups attached to an aromatic ring is 1. The Hall–Kier alpha value is -2.84. The van der Waals surface area contributed by atoms with Crippen molar-refractivity contribution in [2.24, 2.45) is 0 Å². The second kappa shape index (κ2) is 5.51. The molecule has 0 radical (unpaired) electrons. The molecule has 2 rings (SSSR count). The fourth-order valence-electron chi connectivity index (χ4n) is 1.97. The third kappa shape index (κ3) is 3.08. The van der Waals surface area contributed by atoms with E-state index in [0.29, 0.717) is 0 Å². The summed E-state index contributed by atoms with van der Waals surface area (Å²) in [4.78, 5) is 10.6.